The van der Waals surface area contributed by atoms with Crippen LogP contribution in [0.1, 0.15) is 35.1 Å². The van der Waals surface area contributed by atoms with Crippen LogP contribution in [0.5, 0.6) is 0 Å². The molecule has 8 nitrogen and oxygen atoms in total. The smallest absolute Gasteiger partial charge is 0.257 e. The van der Waals surface area contributed by atoms with Crippen LogP contribution in [-0.4, -0.2) is 60.6 Å². The van der Waals surface area contributed by atoms with Crippen LogP contribution in [0.25, 0.3) is 5.65 Å². The van der Waals surface area contributed by atoms with Gasteiger partial charge in [0.15, 0.2) is 6.17 Å². The lowest BCUT2D eigenvalue weighted by Gasteiger charge is -2.42. The lowest BCUT2D eigenvalue weighted by molar-refractivity contribution is 0.0584. The number of nitrogens with one attached hydrogen (secondary N) is 1. The number of carbonyl (C=O) groups is 1. The van der Waals surface area contributed by atoms with E-state index < -0.39 is 0 Å². The van der Waals surface area contributed by atoms with Crippen LogP contribution in [0, 0.1) is 5.82 Å². The van der Waals surface area contributed by atoms with Gasteiger partial charge in [-0.1, -0.05) is 0 Å². The van der Waals surface area contributed by atoms with Gasteiger partial charge in [0.2, 0.25) is 0 Å². The Kier molecular flexibility index (Phi) is 4.34. The second-order valence-electron chi connectivity index (χ2n) is 7.25. The molecule has 0 aliphatic carbocycles. The summed E-state index contributed by atoms with van der Waals surface area (Å²) >= 11 is 0. The number of amides is 1. The van der Waals surface area contributed by atoms with E-state index in [9.17, 15) is 9.18 Å². The molecule has 3 aromatic heterocycles. The number of rotatable bonds is 3. The number of pyridine rings is 1. The van der Waals surface area contributed by atoms with Crippen LogP contribution in [-0.2, 0) is 0 Å². The lowest BCUT2D eigenvalue weighted by atomic mass is 10.0. The van der Waals surface area contributed by atoms with Crippen molar-refractivity contribution in [2.24, 2.45) is 4.99 Å². The van der Waals surface area contributed by atoms with Crippen LogP contribution >= 0.6 is 0 Å². The number of aromatic amines is 1. The minimum absolute atomic E-state index is 0.0265. The molecular weight excluding hydrogens is 373 g/mol. The average molecular weight is 393 g/mol. The fourth-order valence-corrected chi connectivity index (χ4v) is 4.08. The molecule has 1 amide bonds. The molecule has 2 aliphatic rings. The summed E-state index contributed by atoms with van der Waals surface area (Å²) in [5.41, 5.74) is 2.02. The van der Waals surface area contributed by atoms with Gasteiger partial charge in [0, 0.05) is 43.9 Å². The number of piperidine rings is 1. The number of aromatic nitrogens is 4. The summed E-state index contributed by atoms with van der Waals surface area (Å²) in [6.45, 7) is 1.30. The van der Waals surface area contributed by atoms with Gasteiger partial charge < -0.3 is 9.80 Å². The molecule has 0 saturated carbocycles. The standard InChI is InChI=1S/C20H20FN7O/c21-15-4-5-18-23-11-17(28(18)12-15)19-22-6-2-8-27(19)16-3-1-7-26(13-16)20(29)14-9-24-25-10-14/h2,4-6,8-12,16,19H,1,3,7,13H2,(H,24,25)/t16-,19?/m1/s1. The van der Waals surface area contributed by atoms with E-state index in [1.807, 2.05) is 17.2 Å². The van der Waals surface area contributed by atoms with Crippen molar-refractivity contribution in [2.75, 3.05) is 13.1 Å². The maximum Gasteiger partial charge on any atom is 0.257 e. The first-order chi connectivity index (χ1) is 14.2. The van der Waals surface area contributed by atoms with Crippen molar-refractivity contribution in [3.05, 3.63) is 66.3 Å². The van der Waals surface area contributed by atoms with E-state index in [-0.39, 0.29) is 23.9 Å². The highest BCUT2D eigenvalue weighted by Crippen LogP contribution is 2.31. The molecule has 1 saturated heterocycles. The van der Waals surface area contributed by atoms with E-state index >= 15 is 0 Å². The van der Waals surface area contributed by atoms with Gasteiger partial charge in [-0.2, -0.15) is 5.10 Å². The van der Waals surface area contributed by atoms with E-state index in [2.05, 4.69) is 25.1 Å². The van der Waals surface area contributed by atoms with Gasteiger partial charge in [0.1, 0.15) is 11.5 Å². The lowest BCUT2D eigenvalue weighted by Crippen LogP contribution is -2.49. The third-order valence-electron chi connectivity index (χ3n) is 5.47. The van der Waals surface area contributed by atoms with Gasteiger partial charge in [0.05, 0.1) is 23.7 Å². The van der Waals surface area contributed by atoms with Crippen molar-refractivity contribution in [3.8, 4) is 0 Å². The minimum Gasteiger partial charge on any atom is -0.346 e. The first-order valence-corrected chi connectivity index (χ1v) is 9.59. The molecule has 0 bridgehead atoms. The number of H-pyrrole nitrogens is 1. The summed E-state index contributed by atoms with van der Waals surface area (Å²) in [6, 6.07) is 3.14. The van der Waals surface area contributed by atoms with Crippen LogP contribution in [0.2, 0.25) is 0 Å². The minimum atomic E-state index is -0.328. The van der Waals surface area contributed by atoms with Gasteiger partial charge in [-0.05, 0) is 31.1 Å². The van der Waals surface area contributed by atoms with E-state index in [0.29, 0.717) is 24.3 Å². The van der Waals surface area contributed by atoms with Crippen molar-refractivity contribution in [1.29, 1.82) is 0 Å². The molecule has 0 spiro atoms. The third-order valence-corrected chi connectivity index (χ3v) is 5.47. The predicted molar refractivity (Wildman–Crippen MR) is 105 cm³/mol. The topological polar surface area (TPSA) is 81.9 Å². The monoisotopic (exact) mass is 393 g/mol. The summed E-state index contributed by atoms with van der Waals surface area (Å²) in [4.78, 5) is 25.8. The number of likely N-dealkylation sites (tertiary alicyclic amines) is 1. The molecule has 1 fully saturated rings. The van der Waals surface area contributed by atoms with Gasteiger partial charge in [-0.25, -0.2) is 9.37 Å². The molecule has 3 aromatic rings. The zero-order valence-electron chi connectivity index (χ0n) is 15.6. The number of nitrogens with zero attached hydrogens (tertiary/aromatic N) is 6. The fraction of sp³-hybridized carbons (Fsp3) is 0.300. The Morgan fingerprint density at radius 3 is 3.07 bits per heavy atom. The molecule has 0 radical (unpaired) electrons. The molecule has 2 atom stereocenters. The number of carbonyl (C=O) groups excluding carboxylic acids is 1. The zero-order valence-corrected chi connectivity index (χ0v) is 15.6. The molecule has 1 unspecified atom stereocenters. The Labute approximate surface area is 166 Å². The molecule has 1 N–H and O–H groups in total. The van der Waals surface area contributed by atoms with E-state index in [1.54, 1.807) is 35.3 Å². The normalized spacial score (nSPS) is 21.8. The van der Waals surface area contributed by atoms with Crippen molar-refractivity contribution in [3.63, 3.8) is 0 Å². The van der Waals surface area contributed by atoms with E-state index in [0.717, 1.165) is 18.5 Å². The maximum atomic E-state index is 13.8. The van der Waals surface area contributed by atoms with Crippen molar-refractivity contribution in [1.82, 2.24) is 29.4 Å². The molecule has 0 aromatic carbocycles. The Hall–Kier alpha value is -3.49. The quantitative estimate of drug-likeness (QED) is 0.741. The van der Waals surface area contributed by atoms with Crippen LogP contribution < -0.4 is 0 Å². The number of hydrogen-bond acceptors (Lipinski definition) is 5. The summed E-state index contributed by atoms with van der Waals surface area (Å²) in [7, 11) is 0. The number of imidazole rings is 1. The number of hydrogen-bond donors (Lipinski definition) is 1. The highest BCUT2D eigenvalue weighted by atomic mass is 19.1. The van der Waals surface area contributed by atoms with Gasteiger partial charge in [-0.15, -0.1) is 0 Å². The molecule has 5 rings (SSSR count). The van der Waals surface area contributed by atoms with Crippen molar-refractivity contribution in [2.45, 2.75) is 25.0 Å². The average Bonchev–Trinajstić information content (AvgIpc) is 3.43. The van der Waals surface area contributed by atoms with E-state index in [1.165, 1.54) is 12.3 Å². The summed E-state index contributed by atoms with van der Waals surface area (Å²) in [6.07, 6.45) is 13.5. The Morgan fingerprint density at radius 2 is 2.21 bits per heavy atom. The second-order valence-corrected chi connectivity index (χ2v) is 7.25. The van der Waals surface area contributed by atoms with Gasteiger partial charge in [-0.3, -0.25) is 19.3 Å². The predicted octanol–water partition coefficient (Wildman–Crippen LogP) is 2.40. The highest BCUT2D eigenvalue weighted by Gasteiger charge is 2.33. The van der Waals surface area contributed by atoms with Crippen molar-refractivity contribution < 1.29 is 9.18 Å². The first kappa shape index (κ1) is 17.6. The molecule has 5 heterocycles. The van der Waals surface area contributed by atoms with Crippen LogP contribution in [0.4, 0.5) is 4.39 Å². The molecular formula is C20H20FN7O. The SMILES string of the molecule is O=C(c1cn[nH]c1)N1CCC[C@@H](N2C=CC=NC2c2cnc3ccc(F)cn23)C1. The third kappa shape index (κ3) is 3.18. The Balaban J connectivity index is 1.42. The Bertz CT molecular complexity index is 1090. The number of aliphatic imine (C=N–C) groups is 1. The van der Waals surface area contributed by atoms with Crippen molar-refractivity contribution >= 4 is 17.8 Å². The molecule has 29 heavy (non-hydrogen) atoms. The summed E-state index contributed by atoms with van der Waals surface area (Å²) < 4.78 is 15.6. The zero-order chi connectivity index (χ0) is 19.8. The van der Waals surface area contributed by atoms with Crippen LogP contribution in [0.3, 0.4) is 0 Å². The first-order valence-electron chi connectivity index (χ1n) is 9.59. The highest BCUT2D eigenvalue weighted by molar-refractivity contribution is 5.93. The molecule has 148 valence electrons. The Morgan fingerprint density at radius 1 is 1.28 bits per heavy atom. The summed E-state index contributed by atoms with van der Waals surface area (Å²) in [5.74, 6) is -0.352. The van der Waals surface area contributed by atoms with Gasteiger partial charge >= 0.3 is 0 Å². The van der Waals surface area contributed by atoms with Crippen LogP contribution in [0.15, 0.2) is 54.2 Å². The molecule has 9 heteroatoms. The molecule has 2 aliphatic heterocycles. The summed E-state index contributed by atoms with van der Waals surface area (Å²) in [5, 5.41) is 6.57. The maximum absolute atomic E-state index is 13.8. The van der Waals surface area contributed by atoms with Gasteiger partial charge in [0.25, 0.3) is 5.91 Å². The second kappa shape index (κ2) is 7.16. The fourth-order valence-electron chi connectivity index (χ4n) is 4.08. The largest absolute Gasteiger partial charge is 0.346 e. The van der Waals surface area contributed by atoms with E-state index in [4.69, 9.17) is 0 Å². The number of halogens is 1. The number of allylic oxidation sites excluding steroid dienone is 1. The number of fused-ring (bicyclic) bond motifs is 1.